The number of nitrogens with one attached hydrogen (secondary N) is 3. The average molecular weight is 381 g/mol. The van der Waals surface area contributed by atoms with Crippen molar-refractivity contribution >= 4 is 21.2 Å². The largest absolute Gasteiger partial charge is 0.501 e. The van der Waals surface area contributed by atoms with Gasteiger partial charge in [-0.25, -0.2) is 18.3 Å². The molecule has 136 valence electrons. The van der Waals surface area contributed by atoms with Crippen LogP contribution in [0.5, 0.6) is 0 Å². The molecule has 0 saturated heterocycles. The SMILES string of the molecule is O=c1[nH]nc(CCNc2ccc(S(=O)(=O)C(F)(F)F)cc2[N+](=O)[O-])[nH]1. The van der Waals surface area contributed by atoms with E-state index in [9.17, 15) is 36.5 Å². The Kier molecular flexibility index (Phi) is 4.82. The first-order chi connectivity index (χ1) is 11.5. The minimum atomic E-state index is -5.70. The second-order valence-corrected chi connectivity index (χ2v) is 6.63. The predicted octanol–water partition coefficient (Wildman–Crippen LogP) is 0.954. The summed E-state index contributed by atoms with van der Waals surface area (Å²) in [5.74, 6) is 0.261. The van der Waals surface area contributed by atoms with E-state index >= 15 is 0 Å². The van der Waals surface area contributed by atoms with E-state index in [0.29, 0.717) is 12.1 Å². The Morgan fingerprint density at radius 2 is 2.00 bits per heavy atom. The number of nitro groups is 1. The van der Waals surface area contributed by atoms with E-state index in [1.165, 1.54) is 0 Å². The molecule has 1 aromatic carbocycles. The highest BCUT2D eigenvalue weighted by molar-refractivity contribution is 7.92. The quantitative estimate of drug-likeness (QED) is 0.498. The van der Waals surface area contributed by atoms with Gasteiger partial charge in [0.2, 0.25) is 0 Å². The van der Waals surface area contributed by atoms with Gasteiger partial charge in [0, 0.05) is 19.0 Å². The number of H-pyrrole nitrogens is 2. The molecule has 1 heterocycles. The van der Waals surface area contributed by atoms with Gasteiger partial charge in [-0.3, -0.25) is 15.1 Å². The lowest BCUT2D eigenvalue weighted by molar-refractivity contribution is -0.384. The van der Waals surface area contributed by atoms with Crippen LogP contribution < -0.4 is 11.0 Å². The van der Waals surface area contributed by atoms with Crippen molar-refractivity contribution in [3.63, 3.8) is 0 Å². The Morgan fingerprint density at radius 3 is 2.52 bits per heavy atom. The molecule has 0 atom stereocenters. The summed E-state index contributed by atoms with van der Waals surface area (Å²) in [6, 6.07) is 1.82. The van der Waals surface area contributed by atoms with Crippen molar-refractivity contribution in [3.05, 3.63) is 44.6 Å². The van der Waals surface area contributed by atoms with Crippen molar-refractivity contribution in [1.29, 1.82) is 0 Å². The van der Waals surface area contributed by atoms with Gasteiger partial charge in [0.1, 0.15) is 11.5 Å². The van der Waals surface area contributed by atoms with E-state index in [4.69, 9.17) is 0 Å². The summed E-state index contributed by atoms with van der Waals surface area (Å²) in [5, 5.41) is 19.3. The molecule has 10 nitrogen and oxygen atoms in total. The number of anilines is 1. The van der Waals surface area contributed by atoms with Crippen LogP contribution in [0.2, 0.25) is 0 Å². The van der Waals surface area contributed by atoms with Gasteiger partial charge in [0.25, 0.3) is 15.5 Å². The maximum atomic E-state index is 12.5. The summed E-state index contributed by atoms with van der Waals surface area (Å²) < 4.78 is 60.3. The average Bonchev–Trinajstić information content (AvgIpc) is 2.91. The fourth-order valence-corrected chi connectivity index (χ4v) is 2.63. The van der Waals surface area contributed by atoms with Crippen molar-refractivity contribution in [2.75, 3.05) is 11.9 Å². The molecule has 0 saturated carbocycles. The highest BCUT2D eigenvalue weighted by Gasteiger charge is 2.47. The summed E-state index contributed by atoms with van der Waals surface area (Å²) in [6.07, 6.45) is 0.151. The van der Waals surface area contributed by atoms with Crippen molar-refractivity contribution < 1.29 is 26.5 Å². The summed E-state index contributed by atoms with van der Waals surface area (Å²) in [6.45, 7) is 0.0486. The maximum absolute atomic E-state index is 12.5. The number of sulfone groups is 1. The molecule has 0 aliphatic rings. The van der Waals surface area contributed by atoms with Crippen LogP contribution in [0.25, 0.3) is 0 Å². The van der Waals surface area contributed by atoms with Gasteiger partial charge in [-0.05, 0) is 12.1 Å². The Hall–Kier alpha value is -2.90. The van der Waals surface area contributed by atoms with Gasteiger partial charge >= 0.3 is 11.2 Å². The van der Waals surface area contributed by atoms with Crippen LogP contribution >= 0.6 is 0 Å². The van der Waals surface area contributed by atoms with Gasteiger partial charge < -0.3 is 5.32 Å². The van der Waals surface area contributed by atoms with Crippen molar-refractivity contribution in [2.24, 2.45) is 0 Å². The fraction of sp³-hybridized carbons (Fsp3) is 0.273. The molecule has 2 aromatic rings. The lowest BCUT2D eigenvalue weighted by Crippen LogP contribution is -2.23. The van der Waals surface area contributed by atoms with Crippen LogP contribution in [0.3, 0.4) is 0 Å². The number of benzene rings is 1. The molecule has 2 rings (SSSR count). The molecule has 0 fully saturated rings. The smallest absolute Gasteiger partial charge is 0.379 e. The number of nitro benzene ring substituents is 1. The Labute approximate surface area is 137 Å². The third-order valence-corrected chi connectivity index (χ3v) is 4.49. The van der Waals surface area contributed by atoms with Crippen molar-refractivity contribution in [3.8, 4) is 0 Å². The van der Waals surface area contributed by atoms with E-state index in [1.54, 1.807) is 0 Å². The zero-order valence-corrected chi connectivity index (χ0v) is 12.9. The Morgan fingerprint density at radius 1 is 1.32 bits per heavy atom. The third kappa shape index (κ3) is 3.96. The molecule has 1 aromatic heterocycles. The number of rotatable bonds is 6. The van der Waals surface area contributed by atoms with Gasteiger partial charge in [-0.15, -0.1) is 0 Å². The standard InChI is InChI=1S/C11H10F3N5O5S/c12-11(13,14)25(23,24)6-1-2-7(8(5-6)19(21)22)15-4-3-9-16-10(20)18-17-9/h1-2,5,15H,3-4H2,(H2,16,17,18,20). The summed E-state index contributed by atoms with van der Waals surface area (Å²) in [4.78, 5) is 22.0. The molecule has 3 N–H and O–H groups in total. The second kappa shape index (κ2) is 6.54. The number of hydrogen-bond donors (Lipinski definition) is 3. The minimum Gasteiger partial charge on any atom is -0.379 e. The number of hydrogen-bond acceptors (Lipinski definition) is 7. The van der Waals surface area contributed by atoms with Crippen molar-refractivity contribution in [1.82, 2.24) is 15.2 Å². The topological polar surface area (TPSA) is 151 Å². The van der Waals surface area contributed by atoms with Crippen LogP contribution in [-0.2, 0) is 16.3 Å². The van der Waals surface area contributed by atoms with Gasteiger partial charge in [0.15, 0.2) is 0 Å². The van der Waals surface area contributed by atoms with Gasteiger partial charge in [-0.1, -0.05) is 0 Å². The molecule has 0 aliphatic carbocycles. The van der Waals surface area contributed by atoms with E-state index in [2.05, 4.69) is 20.5 Å². The zero-order valence-electron chi connectivity index (χ0n) is 12.1. The second-order valence-electron chi connectivity index (χ2n) is 4.69. The lowest BCUT2D eigenvalue weighted by atomic mass is 10.2. The molecule has 0 radical (unpaired) electrons. The summed E-state index contributed by atoms with van der Waals surface area (Å²) >= 11 is 0. The molecule has 14 heteroatoms. The van der Waals surface area contributed by atoms with Crippen LogP contribution in [0.4, 0.5) is 24.5 Å². The van der Waals surface area contributed by atoms with E-state index in [0.717, 1.165) is 6.07 Å². The number of nitrogens with zero attached hydrogens (tertiary/aromatic N) is 2. The number of aromatic nitrogens is 3. The first kappa shape index (κ1) is 18.4. The van der Waals surface area contributed by atoms with Gasteiger partial charge in [0.05, 0.1) is 9.82 Å². The molecule has 0 unspecified atom stereocenters. The zero-order chi connectivity index (χ0) is 18.8. The highest BCUT2D eigenvalue weighted by atomic mass is 32.2. The predicted molar refractivity (Wildman–Crippen MR) is 77.7 cm³/mol. The molecule has 0 amide bonds. The van der Waals surface area contributed by atoms with Crippen molar-refractivity contribution in [2.45, 2.75) is 16.8 Å². The van der Waals surface area contributed by atoms with Gasteiger partial charge in [-0.2, -0.15) is 18.3 Å². The van der Waals surface area contributed by atoms with E-state index < -0.39 is 36.5 Å². The molecule has 0 bridgehead atoms. The van der Waals surface area contributed by atoms with Crippen LogP contribution in [0, 0.1) is 10.1 Å². The molecule has 25 heavy (non-hydrogen) atoms. The number of aromatic amines is 2. The number of alkyl halides is 3. The first-order valence-corrected chi connectivity index (χ1v) is 7.98. The van der Waals surface area contributed by atoms with Crippen LogP contribution in [-0.4, -0.2) is 40.6 Å². The monoisotopic (exact) mass is 381 g/mol. The first-order valence-electron chi connectivity index (χ1n) is 6.49. The molecular formula is C11H10F3N5O5S. The minimum absolute atomic E-state index is 0.0486. The van der Waals surface area contributed by atoms with Crippen LogP contribution in [0.1, 0.15) is 5.82 Å². The summed E-state index contributed by atoms with van der Waals surface area (Å²) in [5.41, 5.74) is -7.12. The molecule has 0 spiro atoms. The molecular weight excluding hydrogens is 371 g/mol. The Bertz CT molecular complexity index is 950. The lowest BCUT2D eigenvalue weighted by Gasteiger charge is -2.10. The molecule has 0 aliphatic heterocycles. The fourth-order valence-electron chi connectivity index (χ4n) is 1.85. The normalized spacial score (nSPS) is 12.1. The number of halogens is 3. The highest BCUT2D eigenvalue weighted by Crippen LogP contribution is 2.34. The Balaban J connectivity index is 2.24. The third-order valence-electron chi connectivity index (χ3n) is 3.01. The van der Waals surface area contributed by atoms with Crippen LogP contribution in [0.15, 0.2) is 27.9 Å². The van der Waals surface area contributed by atoms with E-state index in [1.807, 2.05) is 0 Å². The summed E-state index contributed by atoms with van der Waals surface area (Å²) in [7, 11) is -5.70. The van der Waals surface area contributed by atoms with E-state index in [-0.39, 0.29) is 24.5 Å². The maximum Gasteiger partial charge on any atom is 0.501 e.